The van der Waals surface area contributed by atoms with Crippen LogP contribution < -0.4 is 5.73 Å². The zero-order chi connectivity index (χ0) is 18.4. The summed E-state index contributed by atoms with van der Waals surface area (Å²) in [6.45, 7) is -0.0853. The van der Waals surface area contributed by atoms with Crippen LogP contribution in [0.1, 0.15) is 23.1 Å². The van der Waals surface area contributed by atoms with Gasteiger partial charge >= 0.3 is 12.2 Å². The molecule has 0 aliphatic rings. The third-order valence-corrected chi connectivity index (χ3v) is 3.42. The van der Waals surface area contributed by atoms with Crippen molar-refractivity contribution in [2.75, 3.05) is 6.54 Å². The minimum atomic E-state index is -4.45. The fourth-order valence-corrected chi connectivity index (χ4v) is 2.23. The summed E-state index contributed by atoms with van der Waals surface area (Å²) in [4.78, 5) is 14.8. The first kappa shape index (κ1) is 18.5. The highest BCUT2D eigenvalue weighted by Gasteiger charge is 2.30. The number of rotatable bonds is 5. The van der Waals surface area contributed by atoms with E-state index in [4.69, 9.17) is 5.73 Å². The fourth-order valence-electron chi connectivity index (χ4n) is 2.23. The molecule has 0 radical (unpaired) electrons. The Labute approximate surface area is 142 Å². The molecule has 132 valence electrons. The van der Waals surface area contributed by atoms with Crippen molar-refractivity contribution in [3.05, 3.63) is 71.6 Å². The molecule has 1 aromatic carbocycles. The van der Waals surface area contributed by atoms with E-state index >= 15 is 0 Å². The predicted molar refractivity (Wildman–Crippen MR) is 85.5 cm³/mol. The average Bonchev–Trinajstić information content (AvgIpc) is 2.58. The van der Waals surface area contributed by atoms with Gasteiger partial charge in [0.25, 0.3) is 0 Å². The van der Waals surface area contributed by atoms with E-state index in [0.717, 1.165) is 12.1 Å². The summed E-state index contributed by atoms with van der Waals surface area (Å²) < 4.78 is 38.9. The molecule has 0 aliphatic carbocycles. The number of benzene rings is 1. The Balaban J connectivity index is 2.37. The minimum absolute atomic E-state index is 0.0853. The lowest BCUT2D eigenvalue weighted by Crippen LogP contribution is -2.33. The van der Waals surface area contributed by atoms with Crippen LogP contribution in [-0.2, 0) is 6.18 Å². The number of alkyl halides is 3. The van der Waals surface area contributed by atoms with E-state index in [-0.39, 0.29) is 13.0 Å². The van der Waals surface area contributed by atoms with Crippen molar-refractivity contribution in [1.29, 1.82) is 0 Å². The highest BCUT2D eigenvalue weighted by Crippen LogP contribution is 2.32. The number of aromatic nitrogens is 1. The lowest BCUT2D eigenvalue weighted by Gasteiger charge is -2.13. The number of halogens is 3. The van der Waals surface area contributed by atoms with Crippen LogP contribution in [0.5, 0.6) is 0 Å². The third-order valence-electron chi connectivity index (χ3n) is 3.42. The first-order valence-corrected chi connectivity index (χ1v) is 7.33. The number of amides is 2. The Kier molecular flexibility index (Phi) is 5.76. The van der Waals surface area contributed by atoms with Crippen LogP contribution in [0.4, 0.5) is 18.0 Å². The summed E-state index contributed by atoms with van der Waals surface area (Å²) in [6.07, 6.45) is 0.440. The van der Waals surface area contributed by atoms with Crippen LogP contribution in [0, 0.1) is 0 Å². The molecular formula is C17H16F3N3O2. The molecule has 2 amide bonds. The van der Waals surface area contributed by atoms with Gasteiger partial charge in [-0.3, -0.25) is 10.2 Å². The Morgan fingerprint density at radius 3 is 2.56 bits per heavy atom. The smallest absolute Gasteiger partial charge is 0.350 e. The van der Waals surface area contributed by atoms with Gasteiger partial charge in [-0.2, -0.15) is 13.2 Å². The van der Waals surface area contributed by atoms with E-state index in [2.05, 4.69) is 4.98 Å². The normalized spacial score (nSPS) is 12.1. The number of nitrogens with two attached hydrogens (primary N) is 1. The molecule has 1 heterocycles. The largest absolute Gasteiger partial charge is 0.416 e. The van der Waals surface area contributed by atoms with Gasteiger partial charge in [0.2, 0.25) is 0 Å². The number of carbonyl (C=O) groups excluding carboxylic acids is 1. The molecule has 2 rings (SSSR count). The zero-order valence-corrected chi connectivity index (χ0v) is 13.1. The van der Waals surface area contributed by atoms with E-state index < -0.39 is 17.8 Å². The van der Waals surface area contributed by atoms with Crippen LogP contribution in [-0.4, -0.2) is 27.8 Å². The average molecular weight is 351 g/mol. The predicted octanol–water partition coefficient (Wildman–Crippen LogP) is 3.69. The van der Waals surface area contributed by atoms with Crippen LogP contribution in [0.2, 0.25) is 0 Å². The Bertz CT molecular complexity index is 761. The van der Waals surface area contributed by atoms with Crippen molar-refractivity contribution in [2.45, 2.75) is 12.6 Å². The van der Waals surface area contributed by atoms with E-state index in [1.165, 1.54) is 12.3 Å². The number of primary amides is 1. The molecule has 0 spiro atoms. The van der Waals surface area contributed by atoms with Gasteiger partial charge in [-0.1, -0.05) is 24.3 Å². The topological polar surface area (TPSA) is 79.5 Å². The third kappa shape index (κ3) is 5.05. The molecule has 0 saturated heterocycles. The minimum Gasteiger partial charge on any atom is -0.350 e. The Hall–Kier alpha value is -2.87. The van der Waals surface area contributed by atoms with Crippen molar-refractivity contribution in [1.82, 2.24) is 10.0 Å². The SMILES string of the molecule is NC(=O)N(O)CCC=C(c1cccnc1)c1cccc(C(F)(F)F)c1. The second-order valence-electron chi connectivity index (χ2n) is 5.19. The molecule has 0 aliphatic heterocycles. The van der Waals surface area contributed by atoms with Crippen molar-refractivity contribution >= 4 is 11.6 Å². The molecule has 0 unspecified atom stereocenters. The Morgan fingerprint density at radius 2 is 1.96 bits per heavy atom. The number of nitrogens with zero attached hydrogens (tertiary/aromatic N) is 2. The van der Waals surface area contributed by atoms with E-state index in [1.54, 1.807) is 30.5 Å². The molecular weight excluding hydrogens is 335 g/mol. The highest BCUT2D eigenvalue weighted by molar-refractivity contribution is 5.79. The zero-order valence-electron chi connectivity index (χ0n) is 13.1. The molecule has 0 saturated carbocycles. The number of hydroxylamine groups is 2. The number of carbonyl (C=O) groups is 1. The van der Waals surface area contributed by atoms with Crippen molar-refractivity contribution in [2.24, 2.45) is 5.73 Å². The quantitative estimate of drug-likeness (QED) is 0.637. The van der Waals surface area contributed by atoms with Crippen molar-refractivity contribution in [3.8, 4) is 0 Å². The molecule has 1 aromatic heterocycles. The van der Waals surface area contributed by atoms with E-state index in [9.17, 15) is 23.2 Å². The first-order chi connectivity index (χ1) is 11.8. The number of urea groups is 1. The van der Waals surface area contributed by atoms with Crippen molar-refractivity contribution < 1.29 is 23.2 Å². The molecule has 0 fully saturated rings. The molecule has 2 aromatic rings. The molecule has 25 heavy (non-hydrogen) atoms. The lowest BCUT2D eigenvalue weighted by molar-refractivity contribution is -0.137. The van der Waals surface area contributed by atoms with Crippen LogP contribution >= 0.6 is 0 Å². The van der Waals surface area contributed by atoms with Crippen LogP contribution in [0.15, 0.2) is 54.9 Å². The van der Waals surface area contributed by atoms with Gasteiger partial charge in [-0.25, -0.2) is 9.86 Å². The Morgan fingerprint density at radius 1 is 1.24 bits per heavy atom. The second-order valence-corrected chi connectivity index (χ2v) is 5.19. The molecule has 0 atom stereocenters. The van der Waals surface area contributed by atoms with Gasteiger partial charge in [0.05, 0.1) is 12.1 Å². The van der Waals surface area contributed by atoms with Gasteiger partial charge in [0.1, 0.15) is 0 Å². The van der Waals surface area contributed by atoms with Crippen LogP contribution in [0.25, 0.3) is 5.57 Å². The standard InChI is InChI=1S/C17H16F3N3O2/c18-17(19,20)14-6-1-4-12(10-14)15(13-5-2-8-22-11-13)7-3-9-23(25)16(21)24/h1-2,4-8,10-11,25H,3,9H2,(H2,21,24). The van der Waals surface area contributed by atoms with Gasteiger partial charge in [-0.05, 0) is 35.8 Å². The summed E-state index contributed by atoms with van der Waals surface area (Å²) in [5.74, 6) is 0. The summed E-state index contributed by atoms with van der Waals surface area (Å²) in [6, 6.07) is 7.29. The summed E-state index contributed by atoms with van der Waals surface area (Å²) in [7, 11) is 0. The summed E-state index contributed by atoms with van der Waals surface area (Å²) in [5, 5.41) is 9.64. The number of hydrogen-bond donors (Lipinski definition) is 2. The highest BCUT2D eigenvalue weighted by atomic mass is 19.4. The van der Waals surface area contributed by atoms with Gasteiger partial charge < -0.3 is 5.73 Å². The van der Waals surface area contributed by atoms with E-state index in [0.29, 0.717) is 21.8 Å². The van der Waals surface area contributed by atoms with E-state index in [1.807, 2.05) is 0 Å². The lowest BCUT2D eigenvalue weighted by atomic mass is 9.96. The number of pyridine rings is 1. The van der Waals surface area contributed by atoms with Crippen LogP contribution in [0.3, 0.4) is 0 Å². The summed E-state index contributed by atoms with van der Waals surface area (Å²) >= 11 is 0. The maximum Gasteiger partial charge on any atom is 0.416 e. The molecule has 0 bridgehead atoms. The molecule has 3 N–H and O–H groups in total. The van der Waals surface area contributed by atoms with Crippen molar-refractivity contribution in [3.63, 3.8) is 0 Å². The maximum atomic E-state index is 13.0. The monoisotopic (exact) mass is 351 g/mol. The molecule has 5 nitrogen and oxygen atoms in total. The first-order valence-electron chi connectivity index (χ1n) is 7.33. The summed E-state index contributed by atoms with van der Waals surface area (Å²) in [5.41, 5.74) is 5.64. The molecule has 8 heteroatoms. The maximum absolute atomic E-state index is 13.0. The fraction of sp³-hybridized carbons (Fsp3) is 0.176. The number of hydrogen-bond acceptors (Lipinski definition) is 3. The second kappa shape index (κ2) is 7.80. The van der Waals surface area contributed by atoms with Gasteiger partial charge in [0, 0.05) is 18.0 Å². The van der Waals surface area contributed by atoms with Gasteiger partial charge in [0.15, 0.2) is 0 Å². The van der Waals surface area contributed by atoms with Gasteiger partial charge in [-0.15, -0.1) is 0 Å².